The van der Waals surface area contributed by atoms with Gasteiger partial charge in [0.2, 0.25) is 0 Å². The van der Waals surface area contributed by atoms with Gasteiger partial charge in [-0.1, -0.05) is 23.4 Å². The minimum absolute atomic E-state index is 0.0723. The Kier molecular flexibility index (Phi) is 6.07. The van der Waals surface area contributed by atoms with Gasteiger partial charge in [-0.3, -0.25) is 4.28 Å². The Hall–Kier alpha value is -1.69. The average Bonchev–Trinajstić information content (AvgIpc) is 2.39. The molecule has 5 nitrogen and oxygen atoms in total. The molecule has 0 radical (unpaired) electrons. The molecule has 1 aromatic carbocycles. The van der Waals surface area contributed by atoms with E-state index in [1.807, 2.05) is 0 Å². The molecule has 0 aliphatic rings. The molecular weight excluding hydrogens is 254 g/mol. The maximum Gasteiger partial charge on any atom is 0.358 e. The van der Waals surface area contributed by atoms with E-state index < -0.39 is 10.1 Å². The first-order valence-corrected chi connectivity index (χ1v) is 7.02. The summed E-state index contributed by atoms with van der Waals surface area (Å²) in [6, 6.07) is 7.82. The first-order valence-electron chi connectivity index (χ1n) is 5.61. The summed E-state index contributed by atoms with van der Waals surface area (Å²) in [7, 11) is -3.81. The zero-order chi connectivity index (χ0) is 13.3. The van der Waals surface area contributed by atoms with E-state index in [0.717, 1.165) is 19.1 Å². The molecule has 1 aromatic rings. The SMILES string of the molecule is O=CCCCCC=NOS(=O)(=O)c1ccccc1. The number of oxime groups is 1. The molecule has 0 heterocycles. The van der Waals surface area contributed by atoms with Crippen LogP contribution in [0.25, 0.3) is 0 Å². The number of carbonyl (C=O) groups excluding carboxylic acids is 1. The third-order valence-corrected chi connectivity index (χ3v) is 3.28. The zero-order valence-corrected chi connectivity index (χ0v) is 10.7. The molecule has 0 atom stereocenters. The summed E-state index contributed by atoms with van der Waals surface area (Å²) in [4.78, 5) is 10.1. The van der Waals surface area contributed by atoms with Gasteiger partial charge in [-0.15, -0.1) is 0 Å². The summed E-state index contributed by atoms with van der Waals surface area (Å²) >= 11 is 0. The van der Waals surface area contributed by atoms with Gasteiger partial charge < -0.3 is 4.79 Å². The summed E-state index contributed by atoms with van der Waals surface area (Å²) < 4.78 is 27.7. The number of aldehydes is 1. The standard InChI is InChI=1S/C12H15NO4S/c14-11-7-2-1-6-10-13-17-18(15,16)12-8-4-3-5-9-12/h3-5,8-11H,1-2,6-7H2. The van der Waals surface area contributed by atoms with Gasteiger partial charge in [0.05, 0.1) is 0 Å². The van der Waals surface area contributed by atoms with E-state index in [2.05, 4.69) is 9.44 Å². The number of benzene rings is 1. The summed E-state index contributed by atoms with van der Waals surface area (Å²) in [5.74, 6) is 0. The van der Waals surface area contributed by atoms with Gasteiger partial charge in [-0.05, 0) is 31.4 Å². The Morgan fingerprint density at radius 1 is 1.11 bits per heavy atom. The molecule has 0 N–H and O–H groups in total. The molecule has 0 aliphatic heterocycles. The second-order valence-electron chi connectivity index (χ2n) is 3.58. The van der Waals surface area contributed by atoms with Crippen LogP contribution in [0.3, 0.4) is 0 Å². The molecule has 0 spiro atoms. The van der Waals surface area contributed by atoms with Gasteiger partial charge in [0, 0.05) is 12.6 Å². The first-order chi connectivity index (χ1) is 8.67. The van der Waals surface area contributed by atoms with Crippen LogP contribution in [0.1, 0.15) is 25.7 Å². The topological polar surface area (TPSA) is 72.8 Å². The largest absolute Gasteiger partial charge is 0.358 e. The third kappa shape index (κ3) is 5.09. The van der Waals surface area contributed by atoms with Crippen molar-refractivity contribution in [1.29, 1.82) is 0 Å². The van der Waals surface area contributed by atoms with Crippen molar-refractivity contribution in [2.75, 3.05) is 0 Å². The Labute approximate surface area is 107 Å². The lowest BCUT2D eigenvalue weighted by Crippen LogP contribution is -2.02. The first kappa shape index (κ1) is 14.4. The summed E-state index contributed by atoms with van der Waals surface area (Å²) in [5, 5.41) is 3.42. The van der Waals surface area contributed by atoms with Crippen molar-refractivity contribution < 1.29 is 17.5 Å². The van der Waals surface area contributed by atoms with Gasteiger partial charge in [0.15, 0.2) is 0 Å². The van der Waals surface area contributed by atoms with E-state index in [0.29, 0.717) is 12.8 Å². The van der Waals surface area contributed by atoms with Crippen LogP contribution in [0.15, 0.2) is 40.4 Å². The fourth-order valence-electron chi connectivity index (χ4n) is 1.23. The van der Waals surface area contributed by atoms with Crippen LogP contribution in [0, 0.1) is 0 Å². The number of carbonyl (C=O) groups is 1. The number of nitrogens with zero attached hydrogens (tertiary/aromatic N) is 1. The van der Waals surface area contributed by atoms with Crippen molar-refractivity contribution in [2.24, 2.45) is 5.16 Å². The number of unbranched alkanes of at least 4 members (excludes halogenated alkanes) is 3. The Bertz CT molecular complexity index is 482. The highest BCUT2D eigenvalue weighted by molar-refractivity contribution is 7.86. The Morgan fingerprint density at radius 3 is 2.44 bits per heavy atom. The normalized spacial score (nSPS) is 11.6. The molecule has 1 rings (SSSR count). The molecule has 0 aromatic heterocycles. The van der Waals surface area contributed by atoms with Crippen LogP contribution < -0.4 is 0 Å². The average molecular weight is 269 g/mol. The van der Waals surface area contributed by atoms with Crippen LogP contribution in [-0.2, 0) is 19.2 Å². The monoisotopic (exact) mass is 269 g/mol. The maximum atomic E-state index is 11.6. The molecule has 0 aliphatic carbocycles. The highest BCUT2D eigenvalue weighted by Crippen LogP contribution is 2.11. The fourth-order valence-corrected chi connectivity index (χ4v) is 1.98. The molecule has 0 fully saturated rings. The van der Waals surface area contributed by atoms with Gasteiger partial charge in [-0.25, -0.2) is 0 Å². The number of hydrogen-bond acceptors (Lipinski definition) is 5. The molecular formula is C12H15NO4S. The summed E-state index contributed by atoms with van der Waals surface area (Å²) in [5.41, 5.74) is 0. The predicted octanol–water partition coefficient (Wildman–Crippen LogP) is 2.14. The van der Waals surface area contributed by atoms with Gasteiger partial charge >= 0.3 is 10.1 Å². The van der Waals surface area contributed by atoms with E-state index in [1.165, 1.54) is 18.3 Å². The molecule has 0 saturated carbocycles. The molecule has 0 saturated heterocycles. The van der Waals surface area contributed by atoms with Gasteiger partial charge in [-0.2, -0.15) is 8.42 Å². The Balaban J connectivity index is 2.38. The highest BCUT2D eigenvalue weighted by atomic mass is 32.2. The van der Waals surface area contributed by atoms with Crippen LogP contribution in [0.2, 0.25) is 0 Å². The van der Waals surface area contributed by atoms with E-state index in [4.69, 9.17) is 0 Å². The lowest BCUT2D eigenvalue weighted by Gasteiger charge is -2.00. The lowest BCUT2D eigenvalue weighted by atomic mass is 10.2. The Morgan fingerprint density at radius 2 is 1.78 bits per heavy atom. The van der Waals surface area contributed by atoms with Crippen LogP contribution in [0.5, 0.6) is 0 Å². The van der Waals surface area contributed by atoms with E-state index in [1.54, 1.807) is 18.2 Å². The van der Waals surface area contributed by atoms with E-state index >= 15 is 0 Å². The third-order valence-electron chi connectivity index (χ3n) is 2.15. The number of rotatable bonds is 8. The van der Waals surface area contributed by atoms with E-state index in [9.17, 15) is 13.2 Å². The second-order valence-corrected chi connectivity index (χ2v) is 5.11. The number of hydrogen-bond donors (Lipinski definition) is 0. The van der Waals surface area contributed by atoms with Crippen molar-refractivity contribution in [3.63, 3.8) is 0 Å². The molecule has 0 amide bonds. The van der Waals surface area contributed by atoms with Crippen molar-refractivity contribution in [2.45, 2.75) is 30.6 Å². The van der Waals surface area contributed by atoms with Gasteiger partial charge in [0.25, 0.3) is 0 Å². The molecule has 0 unspecified atom stereocenters. The van der Waals surface area contributed by atoms with Gasteiger partial charge in [0.1, 0.15) is 11.2 Å². The highest BCUT2D eigenvalue weighted by Gasteiger charge is 2.13. The minimum Gasteiger partial charge on any atom is -0.303 e. The minimum atomic E-state index is -3.81. The molecule has 98 valence electrons. The van der Waals surface area contributed by atoms with Crippen LogP contribution in [-0.4, -0.2) is 20.9 Å². The maximum absolute atomic E-state index is 11.6. The van der Waals surface area contributed by atoms with Crippen molar-refractivity contribution in [3.8, 4) is 0 Å². The van der Waals surface area contributed by atoms with Crippen LogP contribution in [0.4, 0.5) is 0 Å². The van der Waals surface area contributed by atoms with Crippen molar-refractivity contribution >= 4 is 22.6 Å². The quantitative estimate of drug-likeness (QED) is 0.314. The lowest BCUT2D eigenvalue weighted by molar-refractivity contribution is -0.107. The smallest absolute Gasteiger partial charge is 0.303 e. The van der Waals surface area contributed by atoms with Crippen molar-refractivity contribution in [1.82, 2.24) is 0 Å². The molecule has 0 bridgehead atoms. The van der Waals surface area contributed by atoms with Crippen molar-refractivity contribution in [3.05, 3.63) is 30.3 Å². The molecule has 6 heteroatoms. The van der Waals surface area contributed by atoms with E-state index in [-0.39, 0.29) is 4.90 Å². The zero-order valence-electron chi connectivity index (χ0n) is 9.86. The predicted molar refractivity (Wildman–Crippen MR) is 67.7 cm³/mol. The summed E-state index contributed by atoms with van der Waals surface area (Å²) in [6.07, 6.45) is 4.88. The fraction of sp³-hybridized carbons (Fsp3) is 0.333. The molecule has 18 heavy (non-hydrogen) atoms. The second kappa shape index (κ2) is 7.60. The summed E-state index contributed by atoms with van der Waals surface area (Å²) in [6.45, 7) is 0. The van der Waals surface area contributed by atoms with Crippen LogP contribution >= 0.6 is 0 Å².